The van der Waals surface area contributed by atoms with Gasteiger partial charge < -0.3 is 4.90 Å². The van der Waals surface area contributed by atoms with Crippen molar-refractivity contribution in [2.75, 3.05) is 20.1 Å². The zero-order chi connectivity index (χ0) is 6.69. The number of hydrogen-bond donors (Lipinski definition) is 0. The van der Waals surface area contributed by atoms with Gasteiger partial charge in [-0.2, -0.15) is 0 Å². The molecule has 0 aromatic heterocycles. The Hall–Kier alpha value is -0.0400. The molecule has 53 valence electrons. The minimum atomic E-state index is 0.865. The van der Waals surface area contributed by atoms with Gasteiger partial charge in [0.25, 0.3) is 0 Å². The SMILES string of the molecule is C[CH]C1CCCN(C)C1. The molecule has 1 heteroatoms. The summed E-state index contributed by atoms with van der Waals surface area (Å²) >= 11 is 0. The first-order chi connectivity index (χ1) is 4.33. The molecule has 1 radical (unpaired) electrons. The first-order valence-corrected chi connectivity index (χ1v) is 3.81. The van der Waals surface area contributed by atoms with Crippen molar-refractivity contribution in [3.8, 4) is 0 Å². The average molecular weight is 126 g/mol. The van der Waals surface area contributed by atoms with Gasteiger partial charge in [0.05, 0.1) is 0 Å². The predicted octanol–water partition coefficient (Wildman–Crippen LogP) is 1.55. The van der Waals surface area contributed by atoms with Gasteiger partial charge in [0, 0.05) is 6.54 Å². The molecule has 1 rings (SSSR count). The lowest BCUT2D eigenvalue weighted by molar-refractivity contribution is 0.229. The maximum atomic E-state index is 2.41. The fourth-order valence-electron chi connectivity index (χ4n) is 1.48. The standard InChI is InChI=1S/C8H16N/c1-3-8-5-4-6-9(2)7-8/h3,8H,4-7H2,1-2H3. The van der Waals surface area contributed by atoms with Crippen LogP contribution in [0.1, 0.15) is 19.8 Å². The Kier molecular flexibility index (Phi) is 2.52. The molecule has 1 saturated heterocycles. The van der Waals surface area contributed by atoms with Crippen LogP contribution in [0.2, 0.25) is 0 Å². The highest BCUT2D eigenvalue weighted by atomic mass is 15.1. The van der Waals surface area contributed by atoms with Crippen LogP contribution in [0.5, 0.6) is 0 Å². The normalized spacial score (nSPS) is 30.7. The maximum absolute atomic E-state index is 2.41. The first kappa shape index (κ1) is 7.07. The molecular weight excluding hydrogens is 110 g/mol. The van der Waals surface area contributed by atoms with E-state index in [4.69, 9.17) is 0 Å². The molecule has 1 nitrogen and oxygen atoms in total. The van der Waals surface area contributed by atoms with Crippen LogP contribution in [0.4, 0.5) is 0 Å². The van der Waals surface area contributed by atoms with Crippen molar-refractivity contribution in [3.05, 3.63) is 6.42 Å². The molecule has 0 amide bonds. The van der Waals surface area contributed by atoms with E-state index < -0.39 is 0 Å². The molecule has 1 aliphatic heterocycles. The Bertz CT molecular complexity index is 80.6. The molecular formula is C8H16N. The Labute approximate surface area is 58.0 Å². The second kappa shape index (κ2) is 3.21. The quantitative estimate of drug-likeness (QED) is 0.515. The summed E-state index contributed by atoms with van der Waals surface area (Å²) in [6, 6.07) is 0. The van der Waals surface area contributed by atoms with Crippen LogP contribution < -0.4 is 0 Å². The molecule has 1 unspecified atom stereocenters. The average Bonchev–Trinajstić information content (AvgIpc) is 1.88. The second-order valence-corrected chi connectivity index (χ2v) is 3.00. The molecule has 0 aromatic carbocycles. The van der Waals surface area contributed by atoms with Gasteiger partial charge in [-0.25, -0.2) is 0 Å². The van der Waals surface area contributed by atoms with Crippen LogP contribution >= 0.6 is 0 Å². The highest BCUT2D eigenvalue weighted by Gasteiger charge is 2.14. The number of rotatable bonds is 1. The molecule has 1 fully saturated rings. The van der Waals surface area contributed by atoms with Gasteiger partial charge in [0.2, 0.25) is 0 Å². The molecule has 0 aromatic rings. The van der Waals surface area contributed by atoms with Gasteiger partial charge in [-0.15, -0.1) is 0 Å². The Morgan fingerprint density at radius 3 is 2.78 bits per heavy atom. The van der Waals surface area contributed by atoms with Crippen molar-refractivity contribution >= 4 is 0 Å². The molecule has 0 saturated carbocycles. The fraction of sp³-hybridized carbons (Fsp3) is 0.875. The summed E-state index contributed by atoms with van der Waals surface area (Å²) in [6.45, 7) is 4.74. The van der Waals surface area contributed by atoms with Crippen molar-refractivity contribution < 1.29 is 0 Å². The van der Waals surface area contributed by atoms with Crippen molar-refractivity contribution in [2.24, 2.45) is 5.92 Å². The summed E-state index contributed by atoms with van der Waals surface area (Å²) in [4.78, 5) is 2.41. The third-order valence-electron chi connectivity index (χ3n) is 2.13. The van der Waals surface area contributed by atoms with Gasteiger partial charge in [0.15, 0.2) is 0 Å². The van der Waals surface area contributed by atoms with Crippen molar-refractivity contribution in [1.29, 1.82) is 0 Å². The molecule has 0 spiro atoms. The van der Waals surface area contributed by atoms with E-state index in [0.29, 0.717) is 0 Å². The zero-order valence-electron chi connectivity index (χ0n) is 6.43. The number of hydrogen-bond acceptors (Lipinski definition) is 1. The maximum Gasteiger partial charge on any atom is 0.000926 e. The minimum Gasteiger partial charge on any atom is -0.306 e. The molecule has 0 aliphatic carbocycles. The Morgan fingerprint density at radius 1 is 1.56 bits per heavy atom. The molecule has 9 heavy (non-hydrogen) atoms. The smallest absolute Gasteiger partial charge is 0.000926 e. The number of nitrogens with zero attached hydrogens (tertiary/aromatic N) is 1. The van der Waals surface area contributed by atoms with Crippen LogP contribution in [0.15, 0.2) is 0 Å². The summed E-state index contributed by atoms with van der Waals surface area (Å²) in [5.41, 5.74) is 0. The van der Waals surface area contributed by atoms with E-state index in [9.17, 15) is 0 Å². The van der Waals surface area contributed by atoms with Crippen LogP contribution in [0, 0.1) is 12.3 Å². The molecule has 1 atom stereocenters. The molecule has 1 heterocycles. The van der Waals surface area contributed by atoms with E-state index in [1.807, 2.05) is 0 Å². The van der Waals surface area contributed by atoms with Gasteiger partial charge in [-0.05, 0) is 38.8 Å². The van der Waals surface area contributed by atoms with E-state index in [0.717, 1.165) is 5.92 Å². The van der Waals surface area contributed by atoms with Crippen molar-refractivity contribution in [1.82, 2.24) is 4.90 Å². The summed E-state index contributed by atoms with van der Waals surface area (Å²) in [6.07, 6.45) is 5.11. The Morgan fingerprint density at radius 2 is 2.33 bits per heavy atom. The fourth-order valence-corrected chi connectivity index (χ4v) is 1.48. The van der Waals surface area contributed by atoms with E-state index in [2.05, 4.69) is 25.3 Å². The monoisotopic (exact) mass is 126 g/mol. The summed E-state index contributed by atoms with van der Waals surface area (Å²) in [5, 5.41) is 0. The zero-order valence-corrected chi connectivity index (χ0v) is 6.43. The van der Waals surface area contributed by atoms with E-state index in [1.54, 1.807) is 0 Å². The van der Waals surface area contributed by atoms with Crippen molar-refractivity contribution in [2.45, 2.75) is 19.8 Å². The van der Waals surface area contributed by atoms with E-state index in [1.165, 1.54) is 25.9 Å². The van der Waals surface area contributed by atoms with Gasteiger partial charge >= 0.3 is 0 Å². The third kappa shape index (κ3) is 1.98. The van der Waals surface area contributed by atoms with Crippen LogP contribution in [0.3, 0.4) is 0 Å². The van der Waals surface area contributed by atoms with Crippen LogP contribution in [-0.4, -0.2) is 25.0 Å². The molecule has 0 bridgehead atoms. The lowest BCUT2D eigenvalue weighted by Crippen LogP contribution is -2.31. The number of piperidine rings is 1. The third-order valence-corrected chi connectivity index (χ3v) is 2.13. The van der Waals surface area contributed by atoms with Gasteiger partial charge in [-0.3, -0.25) is 0 Å². The van der Waals surface area contributed by atoms with Crippen LogP contribution in [0.25, 0.3) is 0 Å². The number of likely N-dealkylation sites (tertiary alicyclic amines) is 1. The summed E-state index contributed by atoms with van der Waals surface area (Å²) in [7, 11) is 2.20. The summed E-state index contributed by atoms with van der Waals surface area (Å²) < 4.78 is 0. The topological polar surface area (TPSA) is 3.24 Å². The minimum absolute atomic E-state index is 0.865. The first-order valence-electron chi connectivity index (χ1n) is 3.81. The van der Waals surface area contributed by atoms with E-state index in [-0.39, 0.29) is 0 Å². The second-order valence-electron chi connectivity index (χ2n) is 3.00. The summed E-state index contributed by atoms with van der Waals surface area (Å²) in [5.74, 6) is 0.865. The highest BCUT2D eigenvalue weighted by molar-refractivity contribution is 4.78. The van der Waals surface area contributed by atoms with Crippen molar-refractivity contribution in [3.63, 3.8) is 0 Å². The largest absolute Gasteiger partial charge is 0.306 e. The highest BCUT2D eigenvalue weighted by Crippen LogP contribution is 2.16. The molecule has 0 N–H and O–H groups in total. The van der Waals surface area contributed by atoms with Gasteiger partial charge in [0.1, 0.15) is 0 Å². The predicted molar refractivity (Wildman–Crippen MR) is 40.2 cm³/mol. The lowest BCUT2D eigenvalue weighted by atomic mass is 9.96. The van der Waals surface area contributed by atoms with Gasteiger partial charge in [-0.1, -0.05) is 6.92 Å². The lowest BCUT2D eigenvalue weighted by Gasteiger charge is -2.28. The van der Waals surface area contributed by atoms with Crippen LogP contribution in [-0.2, 0) is 0 Å². The molecule has 1 aliphatic rings. The van der Waals surface area contributed by atoms with E-state index >= 15 is 0 Å². The Balaban J connectivity index is 2.23.